The highest BCUT2D eigenvalue weighted by molar-refractivity contribution is 7.13. The van der Waals surface area contributed by atoms with Crippen molar-refractivity contribution in [2.24, 2.45) is 5.92 Å². The molecule has 0 radical (unpaired) electrons. The molecule has 0 fully saturated rings. The lowest BCUT2D eigenvalue weighted by molar-refractivity contribution is -0.140. The van der Waals surface area contributed by atoms with Gasteiger partial charge >= 0.3 is 12.2 Å². The van der Waals surface area contributed by atoms with Gasteiger partial charge in [0.25, 0.3) is 5.91 Å². The Morgan fingerprint density at radius 3 is 2.51 bits per heavy atom. The Morgan fingerprint density at radius 2 is 1.91 bits per heavy atom. The van der Waals surface area contributed by atoms with Crippen molar-refractivity contribution in [3.8, 4) is 21.7 Å². The maximum Gasteiger partial charge on any atom is 0.434 e. The fourth-order valence-electron chi connectivity index (χ4n) is 4.72. The summed E-state index contributed by atoms with van der Waals surface area (Å²) in [5.41, 5.74) is -0.245. The lowest BCUT2D eigenvalue weighted by Crippen LogP contribution is -2.28. The van der Waals surface area contributed by atoms with Crippen molar-refractivity contribution in [3.63, 3.8) is 0 Å². The number of aliphatic hydroxyl groups is 1. The van der Waals surface area contributed by atoms with Gasteiger partial charge in [0.1, 0.15) is 16.4 Å². The van der Waals surface area contributed by atoms with Gasteiger partial charge in [-0.05, 0) is 43.0 Å². The maximum atomic E-state index is 13.6. The zero-order valence-electron chi connectivity index (χ0n) is 23.9. The Morgan fingerprint density at radius 1 is 1.16 bits per heavy atom. The monoisotopic (exact) mass is 616 g/mol. The number of alkyl halides is 3. The van der Waals surface area contributed by atoms with Gasteiger partial charge in [0.2, 0.25) is 5.43 Å². The summed E-state index contributed by atoms with van der Waals surface area (Å²) in [6, 6.07) is 5.33. The fraction of sp³-hybridized carbons (Fsp3) is 0.345. The molecule has 43 heavy (non-hydrogen) atoms. The second kappa shape index (κ2) is 12.9. The van der Waals surface area contributed by atoms with Crippen molar-refractivity contribution in [3.05, 3.63) is 63.5 Å². The number of nitrogens with one attached hydrogen (secondary N) is 3. The number of nitrogens with zero attached hydrogens (tertiary/aromatic N) is 3. The molecule has 10 nitrogen and oxygen atoms in total. The highest BCUT2D eigenvalue weighted by Crippen LogP contribution is 2.39. The van der Waals surface area contributed by atoms with Gasteiger partial charge in [-0.15, -0.1) is 11.3 Å². The largest absolute Gasteiger partial charge is 0.434 e. The number of carbonyl (C=O) groups is 2. The molecule has 0 aliphatic carbocycles. The number of thiazole rings is 1. The van der Waals surface area contributed by atoms with Crippen molar-refractivity contribution < 1.29 is 27.9 Å². The van der Waals surface area contributed by atoms with Gasteiger partial charge in [-0.25, -0.2) is 14.8 Å². The molecule has 0 bridgehead atoms. The van der Waals surface area contributed by atoms with Gasteiger partial charge in [-0.2, -0.15) is 13.2 Å². The molecule has 14 heteroatoms. The van der Waals surface area contributed by atoms with Crippen LogP contribution in [0.4, 0.5) is 23.8 Å². The normalized spacial score (nSPS) is 12.4. The first-order valence-corrected chi connectivity index (χ1v) is 14.4. The first-order chi connectivity index (χ1) is 20.4. The van der Waals surface area contributed by atoms with Crippen LogP contribution < -0.4 is 21.4 Å². The smallest absolute Gasteiger partial charge is 0.394 e. The minimum Gasteiger partial charge on any atom is -0.394 e. The van der Waals surface area contributed by atoms with Crippen LogP contribution in [0.15, 0.2) is 46.8 Å². The molecular formula is C29H31F3N6O4S. The van der Waals surface area contributed by atoms with Crippen molar-refractivity contribution in [1.82, 2.24) is 25.2 Å². The average molecular weight is 617 g/mol. The molecule has 4 aromatic rings. The third kappa shape index (κ3) is 6.86. The van der Waals surface area contributed by atoms with E-state index in [1.54, 1.807) is 29.7 Å². The van der Waals surface area contributed by atoms with E-state index in [0.29, 0.717) is 29.6 Å². The number of pyridine rings is 2. The van der Waals surface area contributed by atoms with E-state index in [1.807, 2.05) is 13.8 Å². The van der Waals surface area contributed by atoms with Gasteiger partial charge in [-0.1, -0.05) is 19.9 Å². The Kier molecular flexibility index (Phi) is 9.50. The van der Waals surface area contributed by atoms with Crippen LogP contribution >= 0.6 is 11.3 Å². The number of benzene rings is 1. The Bertz CT molecular complexity index is 1720. The fourth-order valence-corrected chi connectivity index (χ4v) is 5.58. The molecule has 3 heterocycles. The number of halogens is 3. The molecular weight excluding hydrogens is 585 g/mol. The van der Waals surface area contributed by atoms with E-state index < -0.39 is 35.3 Å². The standard InChI is InChI=1S/C29H31F3N6O4S/c1-5-34-28(42)37-24-10-18(27-36-23(14-43-27)29(30,31)32)20(11-35-24)16-6-7-22-19(9-16)25(40)21(26(41)33-4)12-38(22)17(13-39)8-15(2)3/h6-7,9-12,14-15,17,39H,5,8,13H2,1-4H3,(H,33,41)(H2,34,35,37,42)/t17-/m0/s1. The highest BCUT2D eigenvalue weighted by Gasteiger charge is 2.34. The van der Waals surface area contributed by atoms with Gasteiger partial charge < -0.3 is 20.3 Å². The molecule has 0 aliphatic rings. The van der Waals surface area contributed by atoms with Crippen LogP contribution in [0.25, 0.3) is 32.6 Å². The molecule has 4 N–H and O–H groups in total. The quantitative estimate of drug-likeness (QED) is 0.202. The van der Waals surface area contributed by atoms with E-state index in [4.69, 9.17) is 0 Å². The van der Waals surface area contributed by atoms with E-state index in [1.165, 1.54) is 25.5 Å². The molecule has 0 saturated heterocycles. The molecule has 228 valence electrons. The van der Waals surface area contributed by atoms with Crippen LogP contribution in [-0.4, -0.2) is 51.8 Å². The van der Waals surface area contributed by atoms with Crippen LogP contribution in [0.3, 0.4) is 0 Å². The molecule has 3 amide bonds. The van der Waals surface area contributed by atoms with Crippen molar-refractivity contribution >= 4 is 40.0 Å². The topological polar surface area (TPSA) is 138 Å². The van der Waals surface area contributed by atoms with Gasteiger partial charge in [0.15, 0.2) is 5.69 Å². The summed E-state index contributed by atoms with van der Waals surface area (Å²) in [6.07, 6.45) is -1.27. The number of urea groups is 1. The van der Waals surface area contributed by atoms with Crippen molar-refractivity contribution in [2.45, 2.75) is 39.4 Å². The van der Waals surface area contributed by atoms with Gasteiger partial charge in [0, 0.05) is 47.9 Å². The second-order valence-corrected chi connectivity index (χ2v) is 11.0. The van der Waals surface area contributed by atoms with Crippen molar-refractivity contribution in [2.75, 3.05) is 25.5 Å². The summed E-state index contributed by atoms with van der Waals surface area (Å²) < 4.78 is 42.0. The summed E-state index contributed by atoms with van der Waals surface area (Å²) in [4.78, 5) is 46.4. The van der Waals surface area contributed by atoms with E-state index in [-0.39, 0.29) is 39.9 Å². The first kappa shape index (κ1) is 31.6. The number of amides is 3. The van der Waals surface area contributed by atoms with E-state index in [2.05, 4.69) is 25.9 Å². The predicted molar refractivity (Wildman–Crippen MR) is 159 cm³/mol. The molecule has 0 unspecified atom stereocenters. The van der Waals surface area contributed by atoms with Crippen LogP contribution in [0, 0.1) is 5.92 Å². The summed E-state index contributed by atoms with van der Waals surface area (Å²) >= 11 is 0.774. The number of aromatic nitrogens is 3. The van der Waals surface area contributed by atoms with E-state index >= 15 is 0 Å². The zero-order valence-corrected chi connectivity index (χ0v) is 24.7. The minimum absolute atomic E-state index is 0.0255. The second-order valence-electron chi connectivity index (χ2n) is 10.2. The van der Waals surface area contributed by atoms with E-state index in [0.717, 1.165) is 16.7 Å². The Balaban J connectivity index is 1.96. The first-order valence-electron chi connectivity index (χ1n) is 13.5. The SMILES string of the molecule is CCNC(=O)Nc1cc(-c2nc(C(F)(F)F)cs2)c(-c2ccc3c(c2)c(=O)c(C(=O)NC)cn3[C@H](CO)CC(C)C)cn1. The molecule has 1 aromatic carbocycles. The maximum absolute atomic E-state index is 13.6. The summed E-state index contributed by atoms with van der Waals surface area (Å²) in [5.74, 6) is -0.315. The summed E-state index contributed by atoms with van der Waals surface area (Å²) in [7, 11) is 1.40. The molecule has 1 atom stereocenters. The van der Waals surface area contributed by atoms with Crippen LogP contribution in [-0.2, 0) is 6.18 Å². The molecule has 0 aliphatic heterocycles. The van der Waals surface area contributed by atoms with Crippen LogP contribution in [0.5, 0.6) is 0 Å². The number of anilines is 1. The molecule has 0 spiro atoms. The number of carbonyl (C=O) groups excluding carboxylic acids is 2. The van der Waals surface area contributed by atoms with E-state index in [9.17, 15) is 32.7 Å². The lowest BCUT2D eigenvalue weighted by Gasteiger charge is -2.23. The third-order valence-electron chi connectivity index (χ3n) is 6.67. The Labute approximate surface area is 249 Å². The lowest BCUT2D eigenvalue weighted by atomic mass is 9.98. The molecule has 4 rings (SSSR count). The van der Waals surface area contributed by atoms with Crippen LogP contribution in [0.1, 0.15) is 49.3 Å². The number of hydrogen-bond donors (Lipinski definition) is 4. The van der Waals surface area contributed by atoms with Gasteiger partial charge in [0.05, 0.1) is 18.2 Å². The average Bonchev–Trinajstić information content (AvgIpc) is 3.47. The predicted octanol–water partition coefficient (Wildman–Crippen LogP) is 5.29. The zero-order chi connectivity index (χ0) is 31.5. The number of aliphatic hydroxyl groups excluding tert-OH is 1. The minimum atomic E-state index is -4.66. The Hall–Kier alpha value is -4.30. The molecule has 0 saturated carbocycles. The van der Waals surface area contributed by atoms with Crippen molar-refractivity contribution in [1.29, 1.82) is 0 Å². The van der Waals surface area contributed by atoms with Crippen LogP contribution in [0.2, 0.25) is 0 Å². The number of fused-ring (bicyclic) bond motifs is 1. The highest BCUT2D eigenvalue weighted by atomic mass is 32.1. The summed E-state index contributed by atoms with van der Waals surface area (Å²) in [5, 5.41) is 18.9. The summed E-state index contributed by atoms with van der Waals surface area (Å²) in [6.45, 7) is 5.83. The number of hydrogen-bond acceptors (Lipinski definition) is 7. The number of rotatable bonds is 9. The van der Waals surface area contributed by atoms with Gasteiger partial charge in [-0.3, -0.25) is 14.9 Å². The third-order valence-corrected chi connectivity index (χ3v) is 7.55. The molecule has 3 aromatic heterocycles.